The van der Waals surface area contributed by atoms with Gasteiger partial charge in [-0.25, -0.2) is 4.79 Å². The monoisotopic (exact) mass is 266 g/mol. The van der Waals surface area contributed by atoms with Gasteiger partial charge in [0.2, 0.25) is 5.91 Å². The van der Waals surface area contributed by atoms with Gasteiger partial charge in [-0.05, 0) is 25.0 Å². The molecule has 0 heterocycles. The molecule has 0 saturated heterocycles. The average Bonchev–Trinajstić information content (AvgIpc) is 2.37. The molecule has 0 bridgehead atoms. The standard InChI is InChI=1S/C13H18N2O4/c1-8-3-4-10(19-2)9(7-8)5-6-15-12(16)11(14)13(17)18/h3-4,7,11H,5-6,14H2,1-2H3,(H,15,16)(H,17,18). The van der Waals surface area contributed by atoms with Gasteiger partial charge in [-0.15, -0.1) is 0 Å². The van der Waals surface area contributed by atoms with Gasteiger partial charge < -0.3 is 20.9 Å². The second kappa shape index (κ2) is 6.75. The first-order valence-electron chi connectivity index (χ1n) is 5.85. The third-order valence-electron chi connectivity index (χ3n) is 2.68. The van der Waals surface area contributed by atoms with Crippen molar-refractivity contribution in [3.63, 3.8) is 0 Å². The number of benzene rings is 1. The van der Waals surface area contributed by atoms with Gasteiger partial charge >= 0.3 is 5.97 Å². The van der Waals surface area contributed by atoms with Crippen LogP contribution in [0.5, 0.6) is 5.75 Å². The Morgan fingerprint density at radius 2 is 2.16 bits per heavy atom. The Morgan fingerprint density at radius 1 is 1.47 bits per heavy atom. The van der Waals surface area contributed by atoms with Crippen LogP contribution in [0, 0.1) is 6.92 Å². The first kappa shape index (κ1) is 15.0. The van der Waals surface area contributed by atoms with Gasteiger partial charge in [-0.1, -0.05) is 17.7 Å². The first-order chi connectivity index (χ1) is 8.95. The Kier molecular flexibility index (Phi) is 5.32. The molecule has 0 aromatic heterocycles. The topological polar surface area (TPSA) is 102 Å². The molecule has 0 aliphatic rings. The van der Waals surface area contributed by atoms with Crippen LogP contribution in [0.1, 0.15) is 11.1 Å². The highest BCUT2D eigenvalue weighted by molar-refractivity contribution is 6.00. The van der Waals surface area contributed by atoms with E-state index >= 15 is 0 Å². The number of carboxylic acids is 1. The first-order valence-corrected chi connectivity index (χ1v) is 5.85. The van der Waals surface area contributed by atoms with Crippen LogP contribution < -0.4 is 15.8 Å². The summed E-state index contributed by atoms with van der Waals surface area (Å²) >= 11 is 0. The maximum Gasteiger partial charge on any atom is 0.330 e. The lowest BCUT2D eigenvalue weighted by Gasteiger charge is -2.11. The largest absolute Gasteiger partial charge is 0.496 e. The lowest BCUT2D eigenvalue weighted by atomic mass is 10.1. The summed E-state index contributed by atoms with van der Waals surface area (Å²) in [5, 5.41) is 11.1. The van der Waals surface area contributed by atoms with Crippen LogP contribution in [0.2, 0.25) is 0 Å². The molecule has 0 spiro atoms. The van der Waals surface area contributed by atoms with Gasteiger partial charge in [0, 0.05) is 6.54 Å². The number of aryl methyl sites for hydroxylation is 1. The zero-order valence-electron chi connectivity index (χ0n) is 11.0. The van der Waals surface area contributed by atoms with Gasteiger partial charge in [-0.2, -0.15) is 0 Å². The normalized spacial score (nSPS) is 11.7. The molecule has 4 N–H and O–H groups in total. The zero-order chi connectivity index (χ0) is 14.4. The van der Waals surface area contributed by atoms with Gasteiger partial charge in [-0.3, -0.25) is 4.79 Å². The van der Waals surface area contributed by atoms with E-state index in [1.165, 1.54) is 0 Å². The molecule has 0 radical (unpaired) electrons. The van der Waals surface area contributed by atoms with E-state index in [1.807, 2.05) is 25.1 Å². The molecule has 0 fully saturated rings. The molecule has 1 atom stereocenters. The lowest BCUT2D eigenvalue weighted by Crippen LogP contribution is -2.46. The van der Waals surface area contributed by atoms with Crippen molar-refractivity contribution in [1.29, 1.82) is 0 Å². The van der Waals surface area contributed by atoms with Crippen LogP contribution in [-0.4, -0.2) is 36.7 Å². The molecule has 1 unspecified atom stereocenters. The Balaban J connectivity index is 2.56. The number of nitrogens with one attached hydrogen (secondary N) is 1. The minimum absolute atomic E-state index is 0.305. The van der Waals surface area contributed by atoms with E-state index in [4.69, 9.17) is 15.6 Å². The fourth-order valence-electron chi connectivity index (χ4n) is 1.65. The number of amides is 1. The Labute approximate surface area is 111 Å². The number of carbonyl (C=O) groups excluding carboxylic acids is 1. The quantitative estimate of drug-likeness (QED) is 0.633. The summed E-state index contributed by atoms with van der Waals surface area (Å²) in [7, 11) is 1.58. The van der Waals surface area contributed by atoms with Gasteiger partial charge in [0.15, 0.2) is 6.04 Å². The van der Waals surface area contributed by atoms with Crippen LogP contribution in [0.3, 0.4) is 0 Å². The number of hydrogen-bond donors (Lipinski definition) is 3. The highest BCUT2D eigenvalue weighted by Crippen LogP contribution is 2.19. The van der Waals surface area contributed by atoms with E-state index in [1.54, 1.807) is 7.11 Å². The van der Waals surface area contributed by atoms with E-state index in [-0.39, 0.29) is 0 Å². The second-order valence-electron chi connectivity index (χ2n) is 4.17. The van der Waals surface area contributed by atoms with Crippen molar-refractivity contribution < 1.29 is 19.4 Å². The third-order valence-corrected chi connectivity index (χ3v) is 2.68. The molecule has 0 aliphatic heterocycles. The molecule has 1 aromatic rings. The minimum atomic E-state index is -1.53. The van der Waals surface area contributed by atoms with Gasteiger partial charge in [0.25, 0.3) is 0 Å². The summed E-state index contributed by atoms with van der Waals surface area (Å²) in [5.41, 5.74) is 7.22. The second-order valence-corrected chi connectivity index (χ2v) is 4.17. The SMILES string of the molecule is COc1ccc(C)cc1CCNC(=O)C(N)C(=O)O. The number of hydrogen-bond acceptors (Lipinski definition) is 4. The van der Waals surface area contributed by atoms with Crippen molar-refractivity contribution in [3.05, 3.63) is 29.3 Å². The van der Waals surface area contributed by atoms with Crippen molar-refractivity contribution in [2.24, 2.45) is 5.73 Å². The molecular formula is C13H18N2O4. The summed E-state index contributed by atoms with van der Waals surface area (Å²) in [5.74, 6) is -1.30. The molecule has 1 amide bonds. The summed E-state index contributed by atoms with van der Waals surface area (Å²) < 4.78 is 5.21. The zero-order valence-corrected chi connectivity index (χ0v) is 11.0. The average molecular weight is 266 g/mol. The van der Waals surface area contributed by atoms with Crippen molar-refractivity contribution >= 4 is 11.9 Å². The number of ether oxygens (including phenoxy) is 1. The number of methoxy groups -OCH3 is 1. The Bertz CT molecular complexity index is 474. The molecule has 0 aliphatic carbocycles. The lowest BCUT2D eigenvalue weighted by molar-refractivity contribution is -0.142. The van der Waals surface area contributed by atoms with E-state index in [9.17, 15) is 9.59 Å². The smallest absolute Gasteiger partial charge is 0.330 e. The van der Waals surface area contributed by atoms with Gasteiger partial charge in [0.1, 0.15) is 5.75 Å². The van der Waals surface area contributed by atoms with E-state index < -0.39 is 17.9 Å². The molecule has 104 valence electrons. The number of carbonyl (C=O) groups is 2. The number of carboxylic acid groups (broad SMARTS) is 1. The molecule has 19 heavy (non-hydrogen) atoms. The predicted molar refractivity (Wildman–Crippen MR) is 70.1 cm³/mol. The number of nitrogens with two attached hydrogens (primary N) is 1. The summed E-state index contributed by atoms with van der Waals surface area (Å²) in [4.78, 5) is 21.9. The molecule has 1 aromatic carbocycles. The van der Waals surface area contributed by atoms with Gasteiger partial charge in [0.05, 0.1) is 7.11 Å². The molecule has 6 nitrogen and oxygen atoms in total. The van der Waals surface area contributed by atoms with E-state index in [0.717, 1.165) is 16.9 Å². The van der Waals surface area contributed by atoms with Crippen LogP contribution in [0.15, 0.2) is 18.2 Å². The summed E-state index contributed by atoms with van der Waals surface area (Å²) in [6.07, 6.45) is 0.545. The third kappa shape index (κ3) is 4.26. The van der Waals surface area contributed by atoms with Crippen LogP contribution in [-0.2, 0) is 16.0 Å². The van der Waals surface area contributed by atoms with E-state index in [0.29, 0.717) is 13.0 Å². The van der Waals surface area contributed by atoms with Crippen LogP contribution in [0.25, 0.3) is 0 Å². The summed E-state index contributed by atoms with van der Waals surface area (Å²) in [6.45, 7) is 2.27. The highest BCUT2D eigenvalue weighted by atomic mass is 16.5. The fourth-order valence-corrected chi connectivity index (χ4v) is 1.65. The van der Waals surface area contributed by atoms with Crippen molar-refractivity contribution in [3.8, 4) is 5.75 Å². The Hall–Kier alpha value is -2.08. The van der Waals surface area contributed by atoms with Crippen LogP contribution in [0.4, 0.5) is 0 Å². The Morgan fingerprint density at radius 3 is 2.74 bits per heavy atom. The summed E-state index contributed by atoms with van der Waals surface area (Å²) in [6, 6.07) is 4.22. The fraction of sp³-hybridized carbons (Fsp3) is 0.385. The molecule has 0 saturated carbocycles. The number of rotatable bonds is 6. The van der Waals surface area contributed by atoms with Crippen molar-refractivity contribution in [1.82, 2.24) is 5.32 Å². The van der Waals surface area contributed by atoms with E-state index in [2.05, 4.69) is 5.32 Å². The van der Waals surface area contributed by atoms with Crippen molar-refractivity contribution in [2.75, 3.05) is 13.7 Å². The number of aliphatic carboxylic acids is 1. The maximum absolute atomic E-state index is 11.3. The molecule has 1 rings (SSSR count). The molecular weight excluding hydrogens is 248 g/mol. The highest BCUT2D eigenvalue weighted by Gasteiger charge is 2.20. The maximum atomic E-state index is 11.3. The molecule has 6 heteroatoms. The minimum Gasteiger partial charge on any atom is -0.496 e. The van der Waals surface area contributed by atoms with Crippen LogP contribution >= 0.6 is 0 Å². The van der Waals surface area contributed by atoms with Crippen molar-refractivity contribution in [2.45, 2.75) is 19.4 Å². The predicted octanol–water partition coefficient (Wildman–Crippen LogP) is 0.0742.